The van der Waals surface area contributed by atoms with Crippen molar-refractivity contribution in [2.24, 2.45) is 5.73 Å². The zero-order valence-electron chi connectivity index (χ0n) is 13.4. The van der Waals surface area contributed by atoms with Crippen molar-refractivity contribution in [3.63, 3.8) is 0 Å². The number of hydrogen-bond donors (Lipinski definition) is 3. The third-order valence-electron chi connectivity index (χ3n) is 3.71. The number of nitrogens with two attached hydrogens (primary N) is 1. The van der Waals surface area contributed by atoms with Crippen LogP contribution in [-0.2, 0) is 14.4 Å². The number of carbonyl (C=O) groups is 2. The summed E-state index contributed by atoms with van der Waals surface area (Å²) in [7, 11) is 0. The van der Waals surface area contributed by atoms with Gasteiger partial charge in [0.05, 0.1) is 32.6 Å². The van der Waals surface area contributed by atoms with Crippen LogP contribution >= 0.6 is 0 Å². The molecule has 0 amide bonds. The maximum absolute atomic E-state index is 11.3. The fourth-order valence-corrected chi connectivity index (χ4v) is 2.45. The lowest BCUT2D eigenvalue weighted by Gasteiger charge is -2.32. The molecule has 1 aromatic rings. The summed E-state index contributed by atoms with van der Waals surface area (Å²) in [6, 6.07) is 5.84. The molecule has 0 bridgehead atoms. The number of pyridine rings is 1. The Labute approximate surface area is 139 Å². The predicted molar refractivity (Wildman–Crippen MR) is 82.5 cm³/mol. The molecule has 2 heterocycles. The summed E-state index contributed by atoms with van der Waals surface area (Å²) in [6.07, 6.45) is 1.15. The van der Waals surface area contributed by atoms with Crippen molar-refractivity contribution in [1.82, 2.24) is 4.98 Å². The van der Waals surface area contributed by atoms with Gasteiger partial charge in [0.2, 0.25) is 0 Å². The predicted octanol–water partition coefficient (Wildman–Crippen LogP) is -4.79. The maximum atomic E-state index is 11.3. The highest BCUT2D eigenvalue weighted by molar-refractivity contribution is 5.77. The normalized spacial score (nSPS) is 16.0. The minimum absolute atomic E-state index is 0.252. The molecular formula is C15H22N5O4+. The largest absolute Gasteiger partial charge is 0.550 e. The van der Waals surface area contributed by atoms with E-state index in [0.717, 1.165) is 32.0 Å². The standard InChI is InChI=1S/C15H21N5O4/c16-12(18-24-15(23)5-4-14(21)22)11-19-7-9-20(10-8-19)13-3-1-2-6-17-13/h1-3,6H,4-5,7-11H2,(H2,16,18)(H,21,22)/p+1. The number of carboxylic acids is 1. The molecule has 130 valence electrons. The highest BCUT2D eigenvalue weighted by atomic mass is 16.7. The number of nitrogens with zero attached hydrogens (tertiary/aromatic N) is 2. The van der Waals surface area contributed by atoms with E-state index in [2.05, 4.69) is 15.0 Å². The molecule has 0 aliphatic carbocycles. The van der Waals surface area contributed by atoms with Gasteiger partial charge in [-0.15, -0.1) is 0 Å². The summed E-state index contributed by atoms with van der Waals surface area (Å²) in [6.45, 7) is 4.02. The zero-order chi connectivity index (χ0) is 17.4. The maximum Gasteiger partial charge on any atom is 0.357 e. The van der Waals surface area contributed by atoms with Crippen LogP contribution in [0.4, 0.5) is 5.82 Å². The number of amidine groups is 1. The smallest absolute Gasteiger partial charge is 0.357 e. The van der Waals surface area contributed by atoms with Gasteiger partial charge in [-0.05, 0) is 18.6 Å². The summed E-state index contributed by atoms with van der Waals surface area (Å²) in [4.78, 5) is 34.1. The van der Waals surface area contributed by atoms with E-state index < -0.39 is 11.9 Å². The molecule has 0 saturated carbocycles. The van der Waals surface area contributed by atoms with E-state index in [-0.39, 0.29) is 12.8 Å². The Bertz CT molecular complexity index is 585. The fraction of sp³-hybridized carbons (Fsp3) is 0.467. The third kappa shape index (κ3) is 5.84. The average molecular weight is 336 g/mol. The first-order valence-corrected chi connectivity index (χ1v) is 7.81. The molecule has 1 aliphatic rings. The number of rotatable bonds is 7. The number of aliphatic carboxylic acids is 1. The third-order valence-corrected chi connectivity index (χ3v) is 3.71. The molecule has 1 saturated heterocycles. The van der Waals surface area contributed by atoms with Gasteiger partial charge in [-0.2, -0.15) is 0 Å². The molecule has 24 heavy (non-hydrogen) atoms. The van der Waals surface area contributed by atoms with Gasteiger partial charge in [0.1, 0.15) is 5.82 Å². The molecule has 1 fully saturated rings. The Morgan fingerprint density at radius 2 is 2.08 bits per heavy atom. The molecule has 4 N–H and O–H groups in total. The van der Waals surface area contributed by atoms with Gasteiger partial charge in [-0.25, -0.2) is 9.78 Å². The van der Waals surface area contributed by atoms with E-state index in [1.807, 2.05) is 18.2 Å². The number of hydrogen-bond acceptors (Lipinski definition) is 6. The van der Waals surface area contributed by atoms with Crippen LogP contribution in [0.5, 0.6) is 0 Å². The van der Waals surface area contributed by atoms with Crippen molar-refractivity contribution in [2.75, 3.05) is 37.6 Å². The second kappa shape index (κ2) is 8.82. The summed E-state index contributed by atoms with van der Waals surface area (Å²) in [5.74, 6) is -0.678. The second-order valence-electron chi connectivity index (χ2n) is 5.58. The first-order valence-electron chi connectivity index (χ1n) is 7.81. The van der Waals surface area contributed by atoms with E-state index in [0.29, 0.717) is 12.4 Å². The van der Waals surface area contributed by atoms with E-state index in [9.17, 15) is 14.7 Å². The van der Waals surface area contributed by atoms with Gasteiger partial charge in [-0.3, -0.25) is 10.6 Å². The second-order valence-corrected chi connectivity index (χ2v) is 5.58. The quantitative estimate of drug-likeness (QED) is 0.197. The summed E-state index contributed by atoms with van der Waals surface area (Å²) in [5.41, 5.74) is 5.81. The van der Waals surface area contributed by atoms with E-state index in [1.54, 1.807) is 6.20 Å². The Balaban J connectivity index is 1.72. The van der Waals surface area contributed by atoms with Gasteiger partial charge in [0.25, 0.3) is 0 Å². The van der Waals surface area contributed by atoms with Crippen LogP contribution < -0.4 is 25.8 Å². The lowest BCUT2D eigenvalue weighted by molar-refractivity contribution is -0.895. The van der Waals surface area contributed by atoms with Crippen LogP contribution in [0, 0.1) is 0 Å². The lowest BCUT2D eigenvalue weighted by Crippen LogP contribution is -3.17. The van der Waals surface area contributed by atoms with Crippen LogP contribution in [0.1, 0.15) is 12.8 Å². The van der Waals surface area contributed by atoms with Crippen LogP contribution in [0.15, 0.2) is 24.4 Å². The Morgan fingerprint density at radius 3 is 2.71 bits per heavy atom. The molecule has 0 radical (unpaired) electrons. The van der Waals surface area contributed by atoms with Gasteiger partial charge in [-0.1, -0.05) is 11.2 Å². The van der Waals surface area contributed by atoms with Crippen LogP contribution in [-0.4, -0.2) is 55.5 Å². The first kappa shape index (κ1) is 17.7. The van der Waals surface area contributed by atoms with Gasteiger partial charge < -0.3 is 19.7 Å². The highest BCUT2D eigenvalue weighted by Gasteiger charge is 2.23. The van der Waals surface area contributed by atoms with Crippen LogP contribution in [0.25, 0.3) is 0 Å². The van der Waals surface area contributed by atoms with Gasteiger partial charge in [0.15, 0.2) is 6.54 Å². The van der Waals surface area contributed by atoms with Gasteiger partial charge in [0, 0.05) is 12.2 Å². The monoisotopic (exact) mass is 336 g/mol. The Hall–Kier alpha value is -2.68. The van der Waals surface area contributed by atoms with Crippen molar-refractivity contribution in [1.29, 1.82) is 0 Å². The molecular weight excluding hydrogens is 314 g/mol. The van der Waals surface area contributed by atoms with Crippen LogP contribution in [0.3, 0.4) is 0 Å². The van der Waals surface area contributed by atoms with E-state index in [1.165, 1.54) is 4.90 Å². The summed E-state index contributed by atoms with van der Waals surface area (Å²) in [5, 5.41) is 12.6. The lowest BCUT2D eigenvalue weighted by atomic mass is 10.3. The van der Waals surface area contributed by atoms with Crippen LogP contribution in [0.2, 0.25) is 0 Å². The molecule has 0 unspecified atom stereocenters. The van der Waals surface area contributed by atoms with E-state index >= 15 is 0 Å². The molecule has 9 heteroatoms. The molecule has 1 aromatic heterocycles. The van der Waals surface area contributed by atoms with Crippen molar-refractivity contribution in [3.05, 3.63) is 24.4 Å². The van der Waals surface area contributed by atoms with Crippen molar-refractivity contribution in [2.45, 2.75) is 12.8 Å². The number of anilines is 1. The first-order chi connectivity index (χ1) is 11.5. The van der Waals surface area contributed by atoms with Gasteiger partial charge >= 0.3 is 11.8 Å². The number of carboxylic acid groups (broad SMARTS) is 1. The number of carbonyl (C=O) groups excluding carboxylic acids is 2. The Morgan fingerprint density at radius 1 is 1.33 bits per heavy atom. The van der Waals surface area contributed by atoms with Crippen molar-refractivity contribution < 1.29 is 29.6 Å². The topological polar surface area (TPSA) is 127 Å². The molecule has 9 nitrogen and oxygen atoms in total. The van der Waals surface area contributed by atoms with Crippen molar-refractivity contribution in [3.8, 4) is 0 Å². The minimum Gasteiger partial charge on any atom is -0.550 e. The molecule has 0 atom stereocenters. The highest BCUT2D eigenvalue weighted by Crippen LogP contribution is 2.08. The SMILES string of the molecule is NC(C[NH+]1CCN(c2ccccn2)CC1)=[NH+]OC(=O)CCC(=O)[O-]. The molecule has 0 spiro atoms. The fourth-order valence-electron chi connectivity index (χ4n) is 2.45. The number of quaternary nitrogens is 1. The number of aromatic nitrogens is 1. The molecule has 0 aromatic carbocycles. The average Bonchev–Trinajstić information content (AvgIpc) is 2.59. The Kier molecular flexibility index (Phi) is 6.50. The number of piperazine rings is 1. The number of nitrogens with one attached hydrogen (secondary N) is 2. The summed E-state index contributed by atoms with van der Waals surface area (Å²) >= 11 is 0. The minimum atomic E-state index is -1.29. The zero-order valence-corrected chi connectivity index (χ0v) is 13.4. The molecule has 1 aliphatic heterocycles. The van der Waals surface area contributed by atoms with Crippen molar-refractivity contribution >= 4 is 23.6 Å². The summed E-state index contributed by atoms with van der Waals surface area (Å²) < 4.78 is 0. The van der Waals surface area contributed by atoms with E-state index in [4.69, 9.17) is 10.6 Å². The molecule has 2 rings (SSSR count).